The minimum atomic E-state index is -0.975. The summed E-state index contributed by atoms with van der Waals surface area (Å²) in [5.74, 6) is -0.975. The molecule has 6 heteroatoms. The highest BCUT2D eigenvalue weighted by Gasteiger charge is 2.07. The number of nitrogens with zero attached hydrogens (tertiary/aromatic N) is 2. The van der Waals surface area contributed by atoms with Crippen LogP contribution in [0.1, 0.15) is 15.9 Å². The number of rotatable bonds is 3. The van der Waals surface area contributed by atoms with Crippen molar-refractivity contribution >= 4 is 33.7 Å². The number of aromatic carboxylic acids is 1. The van der Waals surface area contributed by atoms with Crippen LogP contribution in [0.15, 0.2) is 45.1 Å². The molecule has 0 unspecified atom stereocenters. The molecule has 2 heterocycles. The molecule has 0 bridgehead atoms. The van der Waals surface area contributed by atoms with Gasteiger partial charge in [-0.3, -0.25) is 0 Å². The van der Waals surface area contributed by atoms with Gasteiger partial charge >= 0.3 is 5.97 Å². The Balaban J connectivity index is 2.21. The zero-order valence-corrected chi connectivity index (χ0v) is 11.8. The molecule has 2 aromatic rings. The molecule has 1 N–H and O–H groups in total. The van der Waals surface area contributed by atoms with E-state index in [2.05, 4.69) is 25.9 Å². The van der Waals surface area contributed by atoms with Gasteiger partial charge < -0.3 is 5.11 Å². The van der Waals surface area contributed by atoms with Crippen molar-refractivity contribution in [3.05, 3.63) is 46.2 Å². The van der Waals surface area contributed by atoms with Gasteiger partial charge in [0.1, 0.15) is 10.1 Å². The Hall–Kier alpha value is -1.40. The zero-order valence-electron chi connectivity index (χ0n) is 9.42. The molecular formula is C12H9BrN2O2S. The summed E-state index contributed by atoms with van der Waals surface area (Å²) < 4.78 is 0.929. The Kier molecular flexibility index (Phi) is 3.98. The minimum Gasteiger partial charge on any atom is -0.478 e. The SMILES string of the molecule is Cc1cc(Br)cnc1Sc1ccc(C(=O)O)cn1. The maximum absolute atomic E-state index is 10.7. The molecule has 0 aliphatic carbocycles. The quantitative estimate of drug-likeness (QED) is 0.937. The second kappa shape index (κ2) is 5.49. The van der Waals surface area contributed by atoms with Crippen LogP contribution in [-0.4, -0.2) is 21.0 Å². The van der Waals surface area contributed by atoms with Crippen LogP contribution in [0.3, 0.4) is 0 Å². The van der Waals surface area contributed by atoms with Crippen molar-refractivity contribution in [1.82, 2.24) is 9.97 Å². The van der Waals surface area contributed by atoms with E-state index in [1.807, 2.05) is 13.0 Å². The van der Waals surface area contributed by atoms with Crippen LogP contribution < -0.4 is 0 Å². The van der Waals surface area contributed by atoms with Crippen LogP contribution in [0.4, 0.5) is 0 Å². The third-order valence-corrected chi connectivity index (χ3v) is 3.69. The van der Waals surface area contributed by atoms with E-state index in [1.165, 1.54) is 24.0 Å². The van der Waals surface area contributed by atoms with Gasteiger partial charge in [-0.25, -0.2) is 14.8 Å². The Morgan fingerprint density at radius 2 is 2.11 bits per heavy atom. The number of hydrogen-bond donors (Lipinski definition) is 1. The van der Waals surface area contributed by atoms with Gasteiger partial charge in [-0.2, -0.15) is 0 Å². The van der Waals surface area contributed by atoms with E-state index in [1.54, 1.807) is 12.3 Å². The highest BCUT2D eigenvalue weighted by Crippen LogP contribution is 2.28. The standard InChI is InChI=1S/C12H9BrN2O2S/c1-7-4-9(13)6-15-11(7)18-10-3-2-8(5-14-10)12(16)17/h2-6H,1H3,(H,16,17). The Bertz CT molecular complexity index is 587. The predicted octanol–water partition coefficient (Wildman–Crippen LogP) is 3.40. The molecule has 2 rings (SSSR count). The molecule has 92 valence electrons. The zero-order chi connectivity index (χ0) is 13.1. The number of carboxylic acids is 1. The van der Waals surface area contributed by atoms with Gasteiger partial charge in [-0.15, -0.1) is 0 Å². The first-order valence-electron chi connectivity index (χ1n) is 5.05. The van der Waals surface area contributed by atoms with E-state index in [-0.39, 0.29) is 5.56 Å². The minimum absolute atomic E-state index is 0.180. The van der Waals surface area contributed by atoms with Crippen LogP contribution in [0.5, 0.6) is 0 Å². The fourth-order valence-electron chi connectivity index (χ4n) is 1.30. The highest BCUT2D eigenvalue weighted by atomic mass is 79.9. The summed E-state index contributed by atoms with van der Waals surface area (Å²) in [5.41, 5.74) is 1.22. The third kappa shape index (κ3) is 3.08. The van der Waals surface area contributed by atoms with Gasteiger partial charge in [0.05, 0.1) is 5.56 Å². The van der Waals surface area contributed by atoms with Crippen LogP contribution in [0.2, 0.25) is 0 Å². The summed E-state index contributed by atoms with van der Waals surface area (Å²) in [6, 6.07) is 5.18. The number of aromatic nitrogens is 2. The first kappa shape index (κ1) is 13.0. The van der Waals surface area contributed by atoms with E-state index in [9.17, 15) is 4.79 Å². The molecule has 0 aromatic carbocycles. The van der Waals surface area contributed by atoms with Crippen molar-refractivity contribution in [1.29, 1.82) is 0 Å². The molecule has 0 aliphatic rings. The van der Waals surface area contributed by atoms with Crippen molar-refractivity contribution in [2.75, 3.05) is 0 Å². The van der Waals surface area contributed by atoms with Gasteiger partial charge in [-0.1, -0.05) is 0 Å². The van der Waals surface area contributed by atoms with Crippen molar-refractivity contribution < 1.29 is 9.90 Å². The molecule has 2 aromatic heterocycles. The van der Waals surface area contributed by atoms with Crippen molar-refractivity contribution in [3.8, 4) is 0 Å². The number of halogens is 1. The van der Waals surface area contributed by atoms with Crippen molar-refractivity contribution in [2.24, 2.45) is 0 Å². The van der Waals surface area contributed by atoms with E-state index in [0.29, 0.717) is 0 Å². The molecule has 0 amide bonds. The number of pyridine rings is 2. The molecule has 4 nitrogen and oxygen atoms in total. The topological polar surface area (TPSA) is 63.1 Å². The normalized spacial score (nSPS) is 10.3. The number of carboxylic acid groups (broad SMARTS) is 1. The molecule has 18 heavy (non-hydrogen) atoms. The summed E-state index contributed by atoms with van der Waals surface area (Å²) in [7, 11) is 0. The van der Waals surface area contributed by atoms with Gasteiger partial charge in [-0.05, 0) is 58.4 Å². The first-order valence-corrected chi connectivity index (χ1v) is 6.66. The van der Waals surface area contributed by atoms with Crippen molar-refractivity contribution in [3.63, 3.8) is 0 Å². The molecule has 0 spiro atoms. The lowest BCUT2D eigenvalue weighted by Gasteiger charge is -2.04. The average Bonchev–Trinajstić information content (AvgIpc) is 2.33. The summed E-state index contributed by atoms with van der Waals surface area (Å²) in [6.07, 6.45) is 3.07. The molecule has 0 saturated carbocycles. The van der Waals surface area contributed by atoms with Crippen LogP contribution >= 0.6 is 27.7 Å². The maximum atomic E-state index is 10.7. The third-order valence-electron chi connectivity index (χ3n) is 2.18. The van der Waals surface area contributed by atoms with Gasteiger partial charge in [0.25, 0.3) is 0 Å². The molecule has 0 fully saturated rings. The van der Waals surface area contributed by atoms with Crippen LogP contribution in [-0.2, 0) is 0 Å². The van der Waals surface area contributed by atoms with Crippen LogP contribution in [0.25, 0.3) is 0 Å². The second-order valence-electron chi connectivity index (χ2n) is 3.57. The van der Waals surface area contributed by atoms with Crippen LogP contribution in [0, 0.1) is 6.92 Å². The van der Waals surface area contributed by atoms with E-state index < -0.39 is 5.97 Å². The Morgan fingerprint density at radius 1 is 1.33 bits per heavy atom. The highest BCUT2D eigenvalue weighted by molar-refractivity contribution is 9.10. The fourth-order valence-corrected chi connectivity index (χ4v) is 2.51. The summed E-state index contributed by atoms with van der Waals surface area (Å²) in [5, 5.41) is 10.4. The van der Waals surface area contributed by atoms with Gasteiger partial charge in [0.15, 0.2) is 0 Å². The Labute approximate surface area is 117 Å². The lowest BCUT2D eigenvalue weighted by atomic mass is 10.3. The van der Waals surface area contributed by atoms with E-state index in [0.717, 1.165) is 20.1 Å². The first-order chi connectivity index (χ1) is 8.56. The molecule has 0 aliphatic heterocycles. The van der Waals surface area contributed by atoms with Gasteiger partial charge in [0, 0.05) is 16.9 Å². The number of carbonyl (C=O) groups is 1. The molecule has 0 saturated heterocycles. The maximum Gasteiger partial charge on any atom is 0.337 e. The van der Waals surface area contributed by atoms with E-state index >= 15 is 0 Å². The summed E-state index contributed by atoms with van der Waals surface area (Å²) in [4.78, 5) is 19.1. The Morgan fingerprint density at radius 3 is 2.67 bits per heavy atom. The summed E-state index contributed by atoms with van der Waals surface area (Å²) >= 11 is 4.76. The monoisotopic (exact) mass is 324 g/mol. The smallest absolute Gasteiger partial charge is 0.337 e. The molecule has 0 radical (unpaired) electrons. The summed E-state index contributed by atoms with van der Waals surface area (Å²) in [6.45, 7) is 1.96. The second-order valence-corrected chi connectivity index (χ2v) is 5.49. The van der Waals surface area contributed by atoms with Crippen molar-refractivity contribution in [2.45, 2.75) is 17.0 Å². The lowest BCUT2D eigenvalue weighted by molar-refractivity contribution is 0.0696. The van der Waals surface area contributed by atoms with Gasteiger partial charge in [0.2, 0.25) is 0 Å². The number of hydrogen-bond acceptors (Lipinski definition) is 4. The molecular weight excluding hydrogens is 316 g/mol. The van der Waals surface area contributed by atoms with E-state index in [4.69, 9.17) is 5.11 Å². The number of aryl methyl sites for hydroxylation is 1. The largest absolute Gasteiger partial charge is 0.478 e. The predicted molar refractivity (Wildman–Crippen MR) is 72.0 cm³/mol. The lowest BCUT2D eigenvalue weighted by Crippen LogP contribution is -1.96. The average molecular weight is 325 g/mol. The fraction of sp³-hybridized carbons (Fsp3) is 0.0833. The molecule has 0 atom stereocenters.